The minimum atomic E-state index is -0.594. The third kappa shape index (κ3) is 3.06. The fourth-order valence-corrected chi connectivity index (χ4v) is 1.97. The second-order valence-corrected chi connectivity index (χ2v) is 4.42. The Hall–Kier alpha value is -1.36. The molecule has 0 radical (unpaired) electrons. The summed E-state index contributed by atoms with van der Waals surface area (Å²) in [6.45, 7) is 3.43. The van der Waals surface area contributed by atoms with E-state index in [1.165, 1.54) is 6.92 Å². The number of ketones is 1. The van der Waals surface area contributed by atoms with Gasteiger partial charge in [0.2, 0.25) is 0 Å². The van der Waals surface area contributed by atoms with Gasteiger partial charge in [-0.3, -0.25) is 4.79 Å². The average molecular weight is 300 g/mol. The predicted molar refractivity (Wildman–Crippen MR) is 69.2 cm³/mol. The Balaban J connectivity index is 3.26. The zero-order valence-corrected chi connectivity index (χ0v) is 11.3. The maximum atomic E-state index is 11.7. The van der Waals surface area contributed by atoms with Crippen molar-refractivity contribution in [3.8, 4) is 0 Å². The number of hydrogen-bond donors (Lipinski definition) is 1. The molecule has 4 nitrogen and oxygen atoms in total. The molecule has 92 valence electrons. The third-order valence-electron chi connectivity index (χ3n) is 2.25. The Morgan fingerprint density at radius 1 is 1.47 bits per heavy atom. The van der Waals surface area contributed by atoms with Gasteiger partial charge in [-0.15, -0.1) is 0 Å². The van der Waals surface area contributed by atoms with Crippen LogP contribution >= 0.6 is 15.9 Å². The summed E-state index contributed by atoms with van der Waals surface area (Å²) in [6.07, 6.45) is 0. The van der Waals surface area contributed by atoms with Crippen molar-refractivity contribution in [1.29, 1.82) is 0 Å². The Morgan fingerprint density at radius 3 is 2.65 bits per heavy atom. The molecule has 0 aliphatic heterocycles. The van der Waals surface area contributed by atoms with Crippen LogP contribution in [0.4, 0.5) is 5.69 Å². The van der Waals surface area contributed by atoms with Crippen molar-refractivity contribution >= 4 is 33.4 Å². The van der Waals surface area contributed by atoms with Gasteiger partial charge in [-0.25, -0.2) is 4.79 Å². The number of carbonyl (C=O) groups excluding carboxylic acids is 2. The van der Waals surface area contributed by atoms with Crippen LogP contribution in [-0.2, 0) is 9.53 Å². The van der Waals surface area contributed by atoms with E-state index < -0.39 is 10.8 Å². The molecule has 1 unspecified atom stereocenters. The molecule has 1 atom stereocenters. The number of anilines is 1. The van der Waals surface area contributed by atoms with E-state index in [9.17, 15) is 9.59 Å². The van der Waals surface area contributed by atoms with Gasteiger partial charge >= 0.3 is 5.97 Å². The topological polar surface area (TPSA) is 69.4 Å². The molecule has 0 fully saturated rings. The molecule has 5 heteroatoms. The first-order valence-electron chi connectivity index (χ1n) is 5.19. The second-order valence-electron chi connectivity index (χ2n) is 3.50. The van der Waals surface area contributed by atoms with Crippen LogP contribution in [0.1, 0.15) is 34.6 Å². The van der Waals surface area contributed by atoms with Gasteiger partial charge in [0.15, 0.2) is 0 Å². The molecule has 1 aromatic carbocycles. The first kappa shape index (κ1) is 13.7. The Morgan fingerprint density at radius 2 is 2.12 bits per heavy atom. The molecule has 1 aromatic rings. The first-order valence-corrected chi connectivity index (χ1v) is 6.10. The summed E-state index contributed by atoms with van der Waals surface area (Å²) in [5.74, 6) is -0.589. The van der Waals surface area contributed by atoms with Crippen LogP contribution in [0, 0.1) is 0 Å². The molecule has 0 aliphatic carbocycles. The summed E-state index contributed by atoms with van der Waals surface area (Å²) in [4.78, 5) is 22.5. The molecule has 0 amide bonds. The first-order chi connectivity index (χ1) is 7.99. The predicted octanol–water partition coefficient (Wildman–Crippen LogP) is 2.47. The van der Waals surface area contributed by atoms with E-state index in [-0.39, 0.29) is 12.4 Å². The molecule has 0 saturated heterocycles. The number of ether oxygens (including phenoxy) is 1. The summed E-state index contributed by atoms with van der Waals surface area (Å²) < 4.78 is 4.93. The minimum Gasteiger partial charge on any atom is -0.462 e. The standard InChI is InChI=1S/C12H14BrNO3/c1-3-17-12(16)8-5-4-6-9(14)10(8)11(13)7(2)15/h4-6,11H,3,14H2,1-2H3. The summed E-state index contributed by atoms with van der Waals surface area (Å²) in [7, 11) is 0. The van der Waals surface area contributed by atoms with Gasteiger partial charge in [0.1, 0.15) is 10.6 Å². The number of Topliss-reactive ketones (excluding diaryl/α,β-unsaturated/α-hetero) is 1. The van der Waals surface area contributed by atoms with Crippen molar-refractivity contribution in [3.05, 3.63) is 29.3 Å². The summed E-state index contributed by atoms with van der Waals surface area (Å²) >= 11 is 3.23. The van der Waals surface area contributed by atoms with Crippen LogP contribution in [0.3, 0.4) is 0 Å². The highest BCUT2D eigenvalue weighted by molar-refractivity contribution is 9.09. The van der Waals surface area contributed by atoms with Crippen LogP contribution in [0.2, 0.25) is 0 Å². The Bertz CT molecular complexity index is 445. The number of nitrogen functional groups attached to an aromatic ring is 1. The lowest BCUT2D eigenvalue weighted by molar-refractivity contribution is -0.116. The van der Waals surface area contributed by atoms with Gasteiger partial charge in [0.05, 0.1) is 12.2 Å². The molecule has 1 rings (SSSR count). The molecule has 0 heterocycles. The van der Waals surface area contributed by atoms with E-state index in [1.54, 1.807) is 25.1 Å². The molecular weight excluding hydrogens is 286 g/mol. The van der Waals surface area contributed by atoms with Crippen molar-refractivity contribution in [3.63, 3.8) is 0 Å². The fraction of sp³-hybridized carbons (Fsp3) is 0.333. The van der Waals surface area contributed by atoms with Gasteiger partial charge in [0.25, 0.3) is 0 Å². The number of alkyl halides is 1. The minimum absolute atomic E-state index is 0.117. The summed E-state index contributed by atoms with van der Waals surface area (Å²) in [6, 6.07) is 4.90. The number of halogens is 1. The molecule has 0 aliphatic rings. The van der Waals surface area contributed by atoms with Crippen molar-refractivity contribution in [2.75, 3.05) is 12.3 Å². The molecule has 17 heavy (non-hydrogen) atoms. The quantitative estimate of drug-likeness (QED) is 0.527. The van der Waals surface area contributed by atoms with Crippen LogP contribution in [-0.4, -0.2) is 18.4 Å². The number of nitrogens with two attached hydrogens (primary N) is 1. The monoisotopic (exact) mass is 299 g/mol. The lowest BCUT2D eigenvalue weighted by Crippen LogP contribution is -2.14. The van der Waals surface area contributed by atoms with Gasteiger partial charge in [0, 0.05) is 11.3 Å². The van der Waals surface area contributed by atoms with E-state index in [0.29, 0.717) is 16.8 Å². The largest absolute Gasteiger partial charge is 0.462 e. The SMILES string of the molecule is CCOC(=O)c1cccc(N)c1C(Br)C(C)=O. The lowest BCUT2D eigenvalue weighted by atomic mass is 10.0. The maximum Gasteiger partial charge on any atom is 0.338 e. The van der Waals surface area contributed by atoms with Gasteiger partial charge in [-0.1, -0.05) is 22.0 Å². The smallest absolute Gasteiger partial charge is 0.338 e. The third-order valence-corrected chi connectivity index (χ3v) is 3.35. The number of hydrogen-bond acceptors (Lipinski definition) is 4. The number of rotatable bonds is 4. The number of carbonyl (C=O) groups is 2. The lowest BCUT2D eigenvalue weighted by Gasteiger charge is -2.14. The zero-order valence-electron chi connectivity index (χ0n) is 9.70. The van der Waals surface area contributed by atoms with Crippen LogP contribution in [0.5, 0.6) is 0 Å². The van der Waals surface area contributed by atoms with Crippen LogP contribution in [0.25, 0.3) is 0 Å². The second kappa shape index (κ2) is 5.82. The van der Waals surface area contributed by atoms with Crippen molar-refractivity contribution in [1.82, 2.24) is 0 Å². The van der Waals surface area contributed by atoms with Crippen molar-refractivity contribution < 1.29 is 14.3 Å². The molecule has 0 bridgehead atoms. The number of benzene rings is 1. The van der Waals surface area contributed by atoms with Crippen molar-refractivity contribution in [2.24, 2.45) is 0 Å². The Kier molecular flexibility index (Phi) is 4.69. The van der Waals surface area contributed by atoms with Gasteiger partial charge in [-0.05, 0) is 26.0 Å². The van der Waals surface area contributed by atoms with E-state index in [4.69, 9.17) is 10.5 Å². The fourth-order valence-electron chi connectivity index (χ4n) is 1.46. The highest BCUT2D eigenvalue weighted by Crippen LogP contribution is 2.32. The van der Waals surface area contributed by atoms with E-state index >= 15 is 0 Å². The van der Waals surface area contributed by atoms with Gasteiger partial charge < -0.3 is 10.5 Å². The highest BCUT2D eigenvalue weighted by Gasteiger charge is 2.23. The maximum absolute atomic E-state index is 11.7. The van der Waals surface area contributed by atoms with Crippen molar-refractivity contribution in [2.45, 2.75) is 18.7 Å². The van der Waals surface area contributed by atoms with Gasteiger partial charge in [-0.2, -0.15) is 0 Å². The average Bonchev–Trinajstić information content (AvgIpc) is 2.28. The molecular formula is C12H14BrNO3. The molecule has 2 N–H and O–H groups in total. The number of esters is 1. The van der Waals surface area contributed by atoms with E-state index in [1.807, 2.05) is 0 Å². The highest BCUT2D eigenvalue weighted by atomic mass is 79.9. The summed E-state index contributed by atoms with van der Waals surface area (Å²) in [5.41, 5.74) is 6.99. The van der Waals surface area contributed by atoms with Crippen LogP contribution < -0.4 is 5.73 Å². The molecule has 0 saturated carbocycles. The normalized spacial score (nSPS) is 11.9. The van der Waals surface area contributed by atoms with E-state index in [2.05, 4.69) is 15.9 Å². The van der Waals surface area contributed by atoms with E-state index in [0.717, 1.165) is 0 Å². The molecule has 0 aromatic heterocycles. The Labute approximate surface area is 108 Å². The zero-order chi connectivity index (χ0) is 13.0. The summed E-state index contributed by atoms with van der Waals surface area (Å²) in [5, 5.41) is 0. The molecule has 0 spiro atoms. The van der Waals surface area contributed by atoms with Crippen LogP contribution in [0.15, 0.2) is 18.2 Å².